The fourth-order valence-electron chi connectivity index (χ4n) is 3.13. The van der Waals surface area contributed by atoms with E-state index in [2.05, 4.69) is 10.6 Å². The summed E-state index contributed by atoms with van der Waals surface area (Å²) >= 11 is 5.94. The molecule has 2 aromatic carbocycles. The average Bonchev–Trinajstić information content (AvgIpc) is 3.07. The van der Waals surface area contributed by atoms with Crippen molar-refractivity contribution in [2.24, 2.45) is 5.92 Å². The minimum atomic E-state index is -0.245. The van der Waals surface area contributed by atoms with E-state index in [4.69, 9.17) is 11.6 Å². The van der Waals surface area contributed by atoms with Gasteiger partial charge in [-0.3, -0.25) is 4.79 Å². The van der Waals surface area contributed by atoms with E-state index in [1.54, 1.807) is 12.1 Å². The van der Waals surface area contributed by atoms with Gasteiger partial charge in [-0.25, -0.2) is 4.39 Å². The first-order valence-electron chi connectivity index (χ1n) is 8.12. The first-order valence-corrected chi connectivity index (χ1v) is 8.49. The Morgan fingerprint density at radius 2 is 1.83 bits per heavy atom. The maximum Gasteiger partial charge on any atom is 0.225 e. The smallest absolute Gasteiger partial charge is 0.225 e. The summed E-state index contributed by atoms with van der Waals surface area (Å²) in [6.45, 7) is 2.02. The van der Waals surface area contributed by atoms with Gasteiger partial charge < -0.3 is 10.6 Å². The van der Waals surface area contributed by atoms with Crippen molar-refractivity contribution in [2.45, 2.75) is 12.3 Å². The maximum atomic E-state index is 12.9. The Labute approximate surface area is 146 Å². The predicted octanol–water partition coefficient (Wildman–Crippen LogP) is 3.14. The summed E-state index contributed by atoms with van der Waals surface area (Å²) in [7, 11) is 0. The number of carbonyl (C=O) groups is 1. The molecule has 1 heterocycles. The predicted molar refractivity (Wildman–Crippen MR) is 93.7 cm³/mol. The Morgan fingerprint density at radius 1 is 1.12 bits per heavy atom. The molecule has 0 spiro atoms. The lowest BCUT2D eigenvalue weighted by Gasteiger charge is -2.18. The molecule has 5 heteroatoms. The van der Waals surface area contributed by atoms with Crippen LogP contribution in [0.15, 0.2) is 48.5 Å². The summed E-state index contributed by atoms with van der Waals surface area (Å²) in [5.41, 5.74) is 2.14. The second-order valence-corrected chi connectivity index (χ2v) is 6.53. The minimum Gasteiger partial charge on any atom is -0.355 e. The Hall–Kier alpha value is -1.91. The molecule has 0 saturated carbocycles. The molecule has 1 aliphatic rings. The van der Waals surface area contributed by atoms with Crippen LogP contribution in [-0.4, -0.2) is 25.5 Å². The molecule has 1 aliphatic heterocycles. The first-order chi connectivity index (χ1) is 11.6. The van der Waals surface area contributed by atoms with Gasteiger partial charge in [0.05, 0.1) is 5.92 Å². The molecular weight excluding hydrogens is 327 g/mol. The second kappa shape index (κ2) is 7.77. The largest absolute Gasteiger partial charge is 0.355 e. The third-order valence-electron chi connectivity index (χ3n) is 4.48. The fraction of sp³-hybridized carbons (Fsp3) is 0.316. The second-order valence-electron chi connectivity index (χ2n) is 6.09. The lowest BCUT2D eigenvalue weighted by molar-refractivity contribution is -0.124. The lowest BCUT2D eigenvalue weighted by Crippen LogP contribution is -2.35. The summed E-state index contributed by atoms with van der Waals surface area (Å²) < 4.78 is 12.9. The molecule has 0 radical (unpaired) electrons. The van der Waals surface area contributed by atoms with E-state index in [9.17, 15) is 9.18 Å². The normalized spacial score (nSPS) is 20.1. The summed E-state index contributed by atoms with van der Waals surface area (Å²) in [5.74, 6) is -0.111. The van der Waals surface area contributed by atoms with Crippen LogP contribution in [-0.2, 0) is 11.2 Å². The van der Waals surface area contributed by atoms with Crippen molar-refractivity contribution < 1.29 is 9.18 Å². The number of halogens is 2. The molecule has 2 aromatic rings. The molecule has 24 heavy (non-hydrogen) atoms. The number of hydrogen-bond donors (Lipinski definition) is 2. The molecule has 0 aliphatic carbocycles. The van der Waals surface area contributed by atoms with E-state index < -0.39 is 0 Å². The van der Waals surface area contributed by atoms with E-state index in [0.29, 0.717) is 24.5 Å². The highest BCUT2D eigenvalue weighted by Gasteiger charge is 2.33. The molecule has 2 N–H and O–H groups in total. The SMILES string of the molecule is O=C(NCCc1ccc(F)cc1)[C@@H]1CNC[C@H]1c1ccc(Cl)cc1. The van der Waals surface area contributed by atoms with Crippen LogP contribution in [0.3, 0.4) is 0 Å². The third kappa shape index (κ3) is 4.13. The van der Waals surface area contributed by atoms with Crippen molar-refractivity contribution >= 4 is 17.5 Å². The van der Waals surface area contributed by atoms with Gasteiger partial charge in [-0.05, 0) is 41.8 Å². The van der Waals surface area contributed by atoms with Crippen molar-refractivity contribution in [3.05, 3.63) is 70.5 Å². The van der Waals surface area contributed by atoms with E-state index in [1.165, 1.54) is 12.1 Å². The number of amides is 1. The van der Waals surface area contributed by atoms with Crippen molar-refractivity contribution in [3.63, 3.8) is 0 Å². The van der Waals surface area contributed by atoms with E-state index in [0.717, 1.165) is 17.7 Å². The van der Waals surface area contributed by atoms with Crippen LogP contribution < -0.4 is 10.6 Å². The van der Waals surface area contributed by atoms with Crippen LogP contribution in [0, 0.1) is 11.7 Å². The van der Waals surface area contributed by atoms with Gasteiger partial charge in [-0.1, -0.05) is 35.9 Å². The molecule has 0 unspecified atom stereocenters. The molecule has 3 nitrogen and oxygen atoms in total. The minimum absolute atomic E-state index is 0.0575. The molecule has 1 saturated heterocycles. The monoisotopic (exact) mass is 346 g/mol. The summed E-state index contributed by atoms with van der Waals surface area (Å²) in [6, 6.07) is 14.1. The third-order valence-corrected chi connectivity index (χ3v) is 4.73. The van der Waals surface area contributed by atoms with Crippen LogP contribution in [0.5, 0.6) is 0 Å². The van der Waals surface area contributed by atoms with Crippen molar-refractivity contribution in [3.8, 4) is 0 Å². The topological polar surface area (TPSA) is 41.1 Å². The lowest BCUT2D eigenvalue weighted by atomic mass is 9.88. The molecule has 126 valence electrons. The number of benzene rings is 2. The van der Waals surface area contributed by atoms with Crippen molar-refractivity contribution in [1.82, 2.24) is 10.6 Å². The summed E-state index contributed by atoms with van der Waals surface area (Å²) in [4.78, 5) is 12.5. The molecule has 2 atom stereocenters. The van der Waals surface area contributed by atoms with Gasteiger partial charge in [-0.15, -0.1) is 0 Å². The quantitative estimate of drug-likeness (QED) is 0.873. The maximum absolute atomic E-state index is 12.9. The molecule has 1 amide bonds. The highest BCUT2D eigenvalue weighted by molar-refractivity contribution is 6.30. The van der Waals surface area contributed by atoms with Gasteiger partial charge in [0.2, 0.25) is 5.91 Å². The summed E-state index contributed by atoms with van der Waals surface area (Å²) in [5, 5.41) is 6.99. The number of rotatable bonds is 5. The average molecular weight is 347 g/mol. The molecule has 3 rings (SSSR count). The Bertz CT molecular complexity index is 688. The highest BCUT2D eigenvalue weighted by atomic mass is 35.5. The van der Waals surface area contributed by atoms with Crippen LogP contribution in [0.2, 0.25) is 5.02 Å². The zero-order valence-corrected chi connectivity index (χ0v) is 14.0. The molecule has 1 fully saturated rings. The first kappa shape index (κ1) is 16.9. The Balaban J connectivity index is 1.55. The number of nitrogens with one attached hydrogen (secondary N) is 2. The molecule has 0 aromatic heterocycles. The summed E-state index contributed by atoms with van der Waals surface area (Å²) in [6.07, 6.45) is 0.692. The molecular formula is C19H20ClFN2O. The van der Waals surface area contributed by atoms with Crippen LogP contribution in [0.25, 0.3) is 0 Å². The van der Waals surface area contributed by atoms with Gasteiger partial charge in [0, 0.05) is 30.6 Å². The van der Waals surface area contributed by atoms with E-state index in [-0.39, 0.29) is 23.6 Å². The fourth-order valence-corrected chi connectivity index (χ4v) is 3.25. The zero-order chi connectivity index (χ0) is 16.9. The number of carbonyl (C=O) groups excluding carboxylic acids is 1. The van der Waals surface area contributed by atoms with Crippen LogP contribution in [0.4, 0.5) is 4.39 Å². The van der Waals surface area contributed by atoms with Gasteiger partial charge >= 0.3 is 0 Å². The Morgan fingerprint density at radius 3 is 2.54 bits per heavy atom. The zero-order valence-electron chi connectivity index (χ0n) is 13.3. The van der Waals surface area contributed by atoms with Gasteiger partial charge in [0.25, 0.3) is 0 Å². The molecule has 0 bridgehead atoms. The van der Waals surface area contributed by atoms with E-state index in [1.807, 2.05) is 24.3 Å². The van der Waals surface area contributed by atoms with Crippen LogP contribution in [0.1, 0.15) is 17.0 Å². The highest BCUT2D eigenvalue weighted by Crippen LogP contribution is 2.29. The van der Waals surface area contributed by atoms with Crippen molar-refractivity contribution in [2.75, 3.05) is 19.6 Å². The number of hydrogen-bond acceptors (Lipinski definition) is 2. The van der Waals surface area contributed by atoms with Gasteiger partial charge in [0.1, 0.15) is 5.82 Å². The van der Waals surface area contributed by atoms with E-state index >= 15 is 0 Å². The Kier molecular flexibility index (Phi) is 5.48. The standard InChI is InChI=1S/C19H20ClFN2O/c20-15-5-3-14(4-6-15)17-11-22-12-18(17)19(24)23-10-9-13-1-7-16(21)8-2-13/h1-8,17-18,22H,9-12H2,(H,23,24)/t17-,18+/m0/s1. The van der Waals surface area contributed by atoms with Crippen molar-refractivity contribution in [1.29, 1.82) is 0 Å². The van der Waals surface area contributed by atoms with Gasteiger partial charge in [0.15, 0.2) is 0 Å². The van der Waals surface area contributed by atoms with Crippen LogP contribution >= 0.6 is 11.6 Å². The van der Waals surface area contributed by atoms with Gasteiger partial charge in [-0.2, -0.15) is 0 Å².